The van der Waals surface area contributed by atoms with Crippen LogP contribution < -0.4 is 0 Å². The highest BCUT2D eigenvalue weighted by Gasteiger charge is 2.14. The Morgan fingerprint density at radius 2 is 2.00 bits per heavy atom. The summed E-state index contributed by atoms with van der Waals surface area (Å²) in [6.45, 7) is 4.43. The van der Waals surface area contributed by atoms with Gasteiger partial charge in [0.15, 0.2) is 0 Å². The molecule has 0 aliphatic carbocycles. The average Bonchev–Trinajstić information content (AvgIpc) is 2.37. The van der Waals surface area contributed by atoms with Gasteiger partial charge in [-0.2, -0.15) is 0 Å². The molecular formula is C15H21NO3S. The molecule has 1 atom stereocenters. The lowest BCUT2D eigenvalue weighted by Gasteiger charge is -2.19. The van der Waals surface area contributed by atoms with Gasteiger partial charge in [0.25, 0.3) is 0 Å². The van der Waals surface area contributed by atoms with E-state index in [1.54, 1.807) is 11.9 Å². The summed E-state index contributed by atoms with van der Waals surface area (Å²) in [5, 5.41) is 8.62. The molecule has 1 rings (SSSR count). The van der Waals surface area contributed by atoms with Crippen molar-refractivity contribution in [3.8, 4) is 0 Å². The maximum absolute atomic E-state index is 12.0. The quantitative estimate of drug-likeness (QED) is 0.840. The molecule has 0 heterocycles. The minimum absolute atomic E-state index is 0.0236. The van der Waals surface area contributed by atoms with Crippen LogP contribution in [0, 0.1) is 6.92 Å². The van der Waals surface area contributed by atoms with Gasteiger partial charge >= 0.3 is 5.97 Å². The third-order valence-corrected chi connectivity index (χ3v) is 4.20. The van der Waals surface area contributed by atoms with E-state index in [4.69, 9.17) is 5.11 Å². The van der Waals surface area contributed by atoms with Crippen LogP contribution >= 0.6 is 11.8 Å². The van der Waals surface area contributed by atoms with Crippen molar-refractivity contribution in [1.29, 1.82) is 0 Å². The Kier molecular flexibility index (Phi) is 6.58. The number of nitrogens with zero attached hydrogens (tertiary/aromatic N) is 1. The summed E-state index contributed by atoms with van der Waals surface area (Å²) in [5.41, 5.74) is 2.30. The number of carboxylic acids is 1. The number of aryl methyl sites for hydroxylation is 1. The van der Waals surface area contributed by atoms with Gasteiger partial charge in [-0.25, -0.2) is 0 Å². The summed E-state index contributed by atoms with van der Waals surface area (Å²) in [5.74, 6) is -0.488. The van der Waals surface area contributed by atoms with E-state index in [0.29, 0.717) is 12.3 Å². The van der Waals surface area contributed by atoms with Crippen molar-refractivity contribution in [2.45, 2.75) is 32.1 Å². The molecule has 0 aliphatic rings. The minimum Gasteiger partial charge on any atom is -0.481 e. The van der Waals surface area contributed by atoms with Crippen LogP contribution in [0.5, 0.6) is 0 Å². The van der Waals surface area contributed by atoms with Gasteiger partial charge in [0.2, 0.25) is 5.91 Å². The number of amides is 1. The van der Waals surface area contributed by atoms with Crippen molar-refractivity contribution >= 4 is 23.6 Å². The fraction of sp³-hybridized carbons (Fsp3) is 0.467. The van der Waals surface area contributed by atoms with Crippen LogP contribution in [0.3, 0.4) is 0 Å². The Morgan fingerprint density at radius 1 is 1.35 bits per heavy atom. The lowest BCUT2D eigenvalue weighted by atomic mass is 10.1. The lowest BCUT2D eigenvalue weighted by Crippen LogP contribution is -2.28. The van der Waals surface area contributed by atoms with Gasteiger partial charge in [0.1, 0.15) is 0 Å². The van der Waals surface area contributed by atoms with Gasteiger partial charge in [-0.05, 0) is 18.1 Å². The van der Waals surface area contributed by atoms with E-state index in [1.165, 1.54) is 17.3 Å². The normalized spacial score (nSPS) is 11.9. The van der Waals surface area contributed by atoms with Crippen molar-refractivity contribution in [2.75, 3.05) is 12.8 Å². The van der Waals surface area contributed by atoms with Crippen LogP contribution in [0.25, 0.3) is 0 Å². The third-order valence-electron chi connectivity index (χ3n) is 3.05. The first-order valence-electron chi connectivity index (χ1n) is 6.52. The van der Waals surface area contributed by atoms with E-state index >= 15 is 0 Å². The summed E-state index contributed by atoms with van der Waals surface area (Å²) < 4.78 is 0. The highest BCUT2D eigenvalue weighted by Crippen LogP contribution is 2.16. The number of benzene rings is 1. The SMILES string of the molecule is Cc1ccccc1CN(C)C(=O)CSC(C)CC(=O)O. The number of thioether (sulfide) groups is 1. The summed E-state index contributed by atoms with van der Waals surface area (Å²) >= 11 is 1.38. The topological polar surface area (TPSA) is 57.6 Å². The Balaban J connectivity index is 2.44. The first-order chi connectivity index (χ1) is 9.40. The highest BCUT2D eigenvalue weighted by atomic mass is 32.2. The predicted octanol–water partition coefficient (Wildman–Crippen LogP) is 2.55. The number of rotatable bonds is 7. The highest BCUT2D eigenvalue weighted by molar-refractivity contribution is 8.00. The van der Waals surface area contributed by atoms with Crippen LogP contribution in [-0.4, -0.2) is 39.9 Å². The smallest absolute Gasteiger partial charge is 0.304 e. The standard InChI is InChI=1S/C15H21NO3S/c1-11-6-4-5-7-13(11)9-16(3)14(17)10-20-12(2)8-15(18)19/h4-7,12H,8-10H2,1-3H3,(H,18,19). The number of carbonyl (C=O) groups excluding carboxylic acids is 1. The van der Waals surface area contributed by atoms with E-state index in [0.717, 1.165) is 5.56 Å². The Morgan fingerprint density at radius 3 is 2.60 bits per heavy atom. The number of carboxylic acid groups (broad SMARTS) is 1. The van der Waals surface area contributed by atoms with Crippen LogP contribution in [0.4, 0.5) is 0 Å². The van der Waals surface area contributed by atoms with Crippen molar-refractivity contribution in [3.63, 3.8) is 0 Å². The number of hydrogen-bond donors (Lipinski definition) is 1. The molecule has 0 aliphatic heterocycles. The van der Waals surface area contributed by atoms with Gasteiger partial charge in [0.05, 0.1) is 12.2 Å². The largest absolute Gasteiger partial charge is 0.481 e. The Labute approximate surface area is 124 Å². The molecule has 5 heteroatoms. The second-order valence-electron chi connectivity index (χ2n) is 4.90. The lowest BCUT2D eigenvalue weighted by molar-refractivity contribution is -0.137. The molecule has 1 aromatic carbocycles. The van der Waals surface area contributed by atoms with Gasteiger partial charge in [-0.15, -0.1) is 11.8 Å². The molecule has 110 valence electrons. The Bertz CT molecular complexity index is 476. The second-order valence-corrected chi connectivity index (χ2v) is 6.32. The zero-order chi connectivity index (χ0) is 15.1. The van der Waals surface area contributed by atoms with E-state index in [9.17, 15) is 9.59 Å². The number of hydrogen-bond acceptors (Lipinski definition) is 3. The first kappa shape index (κ1) is 16.6. The molecular weight excluding hydrogens is 274 g/mol. The molecule has 0 spiro atoms. The predicted molar refractivity (Wildman–Crippen MR) is 81.8 cm³/mol. The molecule has 0 aromatic heterocycles. The fourth-order valence-electron chi connectivity index (χ4n) is 1.76. The molecule has 0 bridgehead atoms. The van der Waals surface area contributed by atoms with E-state index < -0.39 is 5.97 Å². The minimum atomic E-state index is -0.828. The van der Waals surface area contributed by atoms with Crippen molar-refractivity contribution in [1.82, 2.24) is 4.90 Å². The molecule has 20 heavy (non-hydrogen) atoms. The van der Waals surface area contributed by atoms with E-state index in [2.05, 4.69) is 0 Å². The molecule has 0 fully saturated rings. The monoisotopic (exact) mass is 295 g/mol. The van der Waals surface area contributed by atoms with Crippen LogP contribution in [-0.2, 0) is 16.1 Å². The maximum atomic E-state index is 12.0. The van der Waals surface area contributed by atoms with Gasteiger partial charge in [-0.3, -0.25) is 9.59 Å². The van der Waals surface area contributed by atoms with Gasteiger partial charge in [0, 0.05) is 18.8 Å². The van der Waals surface area contributed by atoms with Crippen molar-refractivity contribution in [2.24, 2.45) is 0 Å². The van der Waals surface area contributed by atoms with Crippen LogP contribution in [0.15, 0.2) is 24.3 Å². The van der Waals surface area contributed by atoms with Crippen molar-refractivity contribution in [3.05, 3.63) is 35.4 Å². The van der Waals surface area contributed by atoms with Gasteiger partial charge in [-0.1, -0.05) is 31.2 Å². The Hall–Kier alpha value is -1.49. The molecule has 1 N–H and O–H groups in total. The summed E-state index contributed by atoms with van der Waals surface area (Å²) in [6, 6.07) is 7.98. The summed E-state index contributed by atoms with van der Waals surface area (Å²) in [6.07, 6.45) is 0.0828. The molecule has 1 unspecified atom stereocenters. The zero-order valence-electron chi connectivity index (χ0n) is 12.1. The van der Waals surface area contributed by atoms with E-state index in [1.807, 2.05) is 38.1 Å². The second kappa shape index (κ2) is 7.94. The van der Waals surface area contributed by atoms with E-state index in [-0.39, 0.29) is 17.6 Å². The number of carbonyl (C=O) groups is 2. The molecule has 0 saturated heterocycles. The number of aliphatic carboxylic acids is 1. The zero-order valence-corrected chi connectivity index (χ0v) is 12.9. The maximum Gasteiger partial charge on any atom is 0.304 e. The average molecular weight is 295 g/mol. The third kappa shape index (κ3) is 5.65. The first-order valence-corrected chi connectivity index (χ1v) is 7.57. The van der Waals surface area contributed by atoms with Crippen molar-refractivity contribution < 1.29 is 14.7 Å². The fourth-order valence-corrected chi connectivity index (χ4v) is 2.67. The van der Waals surface area contributed by atoms with Crippen LogP contribution in [0.2, 0.25) is 0 Å². The molecule has 1 amide bonds. The van der Waals surface area contributed by atoms with Crippen LogP contribution in [0.1, 0.15) is 24.5 Å². The van der Waals surface area contributed by atoms with Gasteiger partial charge < -0.3 is 10.0 Å². The molecule has 4 nitrogen and oxygen atoms in total. The molecule has 1 aromatic rings. The summed E-state index contributed by atoms with van der Waals surface area (Å²) in [4.78, 5) is 24.2. The molecule has 0 saturated carbocycles. The summed E-state index contributed by atoms with van der Waals surface area (Å²) in [7, 11) is 1.77. The molecule has 0 radical (unpaired) electrons.